The Hall–Kier alpha value is -1.91. The highest BCUT2D eigenvalue weighted by Gasteiger charge is 2.20. The predicted molar refractivity (Wildman–Crippen MR) is 48.1 cm³/mol. The van der Waals surface area contributed by atoms with Crippen molar-refractivity contribution in [1.29, 1.82) is 0 Å². The minimum Gasteiger partial charge on any atom is -0.400 e. The average molecular weight is 195 g/mol. The lowest BCUT2D eigenvalue weighted by Gasteiger charge is -2.06. The van der Waals surface area contributed by atoms with Crippen molar-refractivity contribution in [2.24, 2.45) is 0 Å². The van der Waals surface area contributed by atoms with Crippen molar-refractivity contribution >= 4 is 6.47 Å². The largest absolute Gasteiger partial charge is 0.400 e. The van der Waals surface area contributed by atoms with Crippen molar-refractivity contribution in [3.63, 3.8) is 0 Å². The second-order valence-corrected chi connectivity index (χ2v) is 2.66. The van der Waals surface area contributed by atoms with Gasteiger partial charge in [-0.1, -0.05) is 30.3 Å². The van der Waals surface area contributed by atoms with Gasteiger partial charge in [-0.05, 0) is 5.56 Å². The minimum atomic E-state index is -1.30. The van der Waals surface area contributed by atoms with Gasteiger partial charge in [0.25, 0.3) is 6.47 Å². The first-order valence-electron chi connectivity index (χ1n) is 4.00. The van der Waals surface area contributed by atoms with Gasteiger partial charge < -0.3 is 4.74 Å². The number of carbonyl (C=O) groups is 1. The van der Waals surface area contributed by atoms with Crippen LogP contribution >= 0.6 is 0 Å². The van der Waals surface area contributed by atoms with Gasteiger partial charge >= 0.3 is 6.23 Å². The number of hydrogen-bond donors (Lipinski definition) is 0. The van der Waals surface area contributed by atoms with Gasteiger partial charge in [0.2, 0.25) is 0 Å². The Kier molecular flexibility index (Phi) is 3.60. The van der Waals surface area contributed by atoms with Crippen molar-refractivity contribution in [2.45, 2.75) is 12.6 Å². The Balaban J connectivity index is 2.64. The van der Waals surface area contributed by atoms with E-state index in [-0.39, 0.29) is 12.9 Å². The fourth-order valence-corrected chi connectivity index (χ4v) is 1.05. The third-order valence-corrected chi connectivity index (χ3v) is 1.70. The van der Waals surface area contributed by atoms with E-state index >= 15 is 0 Å². The maximum absolute atomic E-state index is 10.4. The Morgan fingerprint density at radius 1 is 1.43 bits per heavy atom. The van der Waals surface area contributed by atoms with Crippen molar-refractivity contribution in [3.05, 3.63) is 46.0 Å². The molecule has 0 aromatic heterocycles. The molecule has 0 radical (unpaired) electrons. The number of nitro groups is 1. The van der Waals surface area contributed by atoms with Crippen LogP contribution in [0.4, 0.5) is 0 Å². The zero-order valence-corrected chi connectivity index (χ0v) is 7.33. The third kappa shape index (κ3) is 2.85. The monoisotopic (exact) mass is 195 g/mol. The Labute approximate surface area is 80.5 Å². The first kappa shape index (κ1) is 10.2. The molecule has 0 spiro atoms. The molecular weight excluding hydrogens is 186 g/mol. The van der Waals surface area contributed by atoms with Crippen LogP contribution in [0, 0.1) is 10.1 Å². The maximum atomic E-state index is 10.4. The zero-order valence-electron chi connectivity index (χ0n) is 7.33. The van der Waals surface area contributed by atoms with Gasteiger partial charge in [-0.2, -0.15) is 0 Å². The van der Waals surface area contributed by atoms with E-state index in [0.29, 0.717) is 0 Å². The van der Waals surface area contributed by atoms with Crippen molar-refractivity contribution < 1.29 is 14.5 Å². The fraction of sp³-hybridized carbons (Fsp3) is 0.222. The van der Waals surface area contributed by atoms with Crippen LogP contribution < -0.4 is 0 Å². The van der Waals surface area contributed by atoms with E-state index in [2.05, 4.69) is 4.74 Å². The van der Waals surface area contributed by atoms with E-state index in [1.54, 1.807) is 24.3 Å². The van der Waals surface area contributed by atoms with Crippen molar-refractivity contribution in [2.75, 3.05) is 0 Å². The van der Waals surface area contributed by atoms with Crippen LogP contribution in [-0.2, 0) is 16.0 Å². The van der Waals surface area contributed by atoms with Crippen LogP contribution in [0.15, 0.2) is 30.3 Å². The molecule has 0 amide bonds. The van der Waals surface area contributed by atoms with Crippen molar-refractivity contribution in [1.82, 2.24) is 0 Å². The van der Waals surface area contributed by atoms with Gasteiger partial charge in [0.1, 0.15) is 0 Å². The molecule has 0 saturated heterocycles. The molecule has 1 rings (SSSR count). The molecule has 0 aliphatic heterocycles. The van der Waals surface area contributed by atoms with E-state index in [1.807, 2.05) is 6.07 Å². The molecule has 1 aromatic carbocycles. The van der Waals surface area contributed by atoms with Crippen LogP contribution in [-0.4, -0.2) is 17.6 Å². The van der Waals surface area contributed by atoms with E-state index in [1.165, 1.54) is 0 Å². The van der Waals surface area contributed by atoms with Crippen molar-refractivity contribution in [3.8, 4) is 0 Å². The molecular formula is C9H9NO4. The quantitative estimate of drug-likeness (QED) is 0.304. The van der Waals surface area contributed by atoms with Gasteiger partial charge in [0, 0.05) is 0 Å². The first-order valence-corrected chi connectivity index (χ1v) is 4.00. The predicted octanol–water partition coefficient (Wildman–Crippen LogP) is 1.00. The molecule has 0 aliphatic rings. The normalized spacial score (nSPS) is 11.7. The second-order valence-electron chi connectivity index (χ2n) is 2.66. The van der Waals surface area contributed by atoms with E-state index in [0.717, 1.165) is 5.56 Å². The molecule has 1 atom stereocenters. The van der Waals surface area contributed by atoms with E-state index in [9.17, 15) is 14.9 Å². The fourth-order valence-electron chi connectivity index (χ4n) is 1.05. The van der Waals surface area contributed by atoms with Gasteiger partial charge in [0.05, 0.1) is 11.3 Å². The van der Waals surface area contributed by atoms with Crippen LogP contribution in [0.2, 0.25) is 0 Å². The van der Waals surface area contributed by atoms with Gasteiger partial charge in [-0.25, -0.2) is 0 Å². The number of rotatable bonds is 5. The molecule has 5 nitrogen and oxygen atoms in total. The summed E-state index contributed by atoms with van der Waals surface area (Å²) in [6, 6.07) is 8.83. The van der Waals surface area contributed by atoms with Gasteiger partial charge in [-0.15, -0.1) is 0 Å². The summed E-state index contributed by atoms with van der Waals surface area (Å²) in [4.78, 5) is 19.8. The maximum Gasteiger partial charge on any atom is 0.359 e. The molecule has 5 heteroatoms. The Morgan fingerprint density at radius 2 is 2.07 bits per heavy atom. The number of hydrogen-bond acceptors (Lipinski definition) is 4. The molecule has 1 aromatic rings. The standard InChI is InChI=1S/C9H9NO4/c11-7-14-9(10(12)13)6-8-4-2-1-3-5-8/h1-5,7,9H,6H2. The van der Waals surface area contributed by atoms with Crippen LogP contribution in [0.5, 0.6) is 0 Å². The molecule has 0 aliphatic carbocycles. The van der Waals surface area contributed by atoms with Crippen LogP contribution in [0.3, 0.4) is 0 Å². The van der Waals surface area contributed by atoms with Gasteiger partial charge in [-0.3, -0.25) is 14.9 Å². The lowest BCUT2D eigenvalue weighted by molar-refractivity contribution is -0.566. The van der Waals surface area contributed by atoms with Gasteiger partial charge in [0.15, 0.2) is 0 Å². The summed E-state index contributed by atoms with van der Waals surface area (Å²) in [6.07, 6.45) is -1.21. The third-order valence-electron chi connectivity index (χ3n) is 1.70. The zero-order chi connectivity index (χ0) is 10.4. The van der Waals surface area contributed by atoms with Crippen LogP contribution in [0.1, 0.15) is 5.56 Å². The first-order chi connectivity index (χ1) is 6.74. The summed E-state index contributed by atoms with van der Waals surface area (Å²) in [5.74, 6) is 0. The molecule has 0 fully saturated rings. The van der Waals surface area contributed by atoms with E-state index < -0.39 is 11.2 Å². The molecule has 1 unspecified atom stereocenters. The Bertz CT molecular complexity index is 312. The lowest BCUT2D eigenvalue weighted by atomic mass is 10.1. The Morgan fingerprint density at radius 3 is 2.57 bits per heavy atom. The number of ether oxygens (including phenoxy) is 1. The number of nitrogens with zero attached hydrogens (tertiary/aromatic N) is 1. The molecule has 0 bridgehead atoms. The smallest absolute Gasteiger partial charge is 0.359 e. The minimum absolute atomic E-state index is 0.0899. The lowest BCUT2D eigenvalue weighted by Crippen LogP contribution is -2.25. The highest BCUT2D eigenvalue weighted by atomic mass is 16.7. The molecule has 0 saturated carbocycles. The summed E-state index contributed by atoms with van der Waals surface area (Å²) < 4.78 is 4.33. The molecule has 0 heterocycles. The highest BCUT2D eigenvalue weighted by molar-refractivity contribution is 5.37. The van der Waals surface area contributed by atoms with Crippen LogP contribution in [0.25, 0.3) is 0 Å². The molecule has 74 valence electrons. The molecule has 0 N–H and O–H groups in total. The number of benzene rings is 1. The summed E-state index contributed by atoms with van der Waals surface area (Å²) in [5.41, 5.74) is 0.760. The van der Waals surface area contributed by atoms with E-state index in [4.69, 9.17) is 0 Å². The average Bonchev–Trinajstić information content (AvgIpc) is 2.18. The molecule has 14 heavy (non-hydrogen) atoms. The summed E-state index contributed by atoms with van der Waals surface area (Å²) in [5, 5.41) is 10.4. The topological polar surface area (TPSA) is 69.4 Å². The second kappa shape index (κ2) is 4.96. The SMILES string of the molecule is O=COC(Cc1ccccc1)[N+](=O)[O-]. The summed E-state index contributed by atoms with van der Waals surface area (Å²) >= 11 is 0. The highest BCUT2D eigenvalue weighted by Crippen LogP contribution is 2.05. The summed E-state index contributed by atoms with van der Waals surface area (Å²) in [7, 11) is 0. The number of carbonyl (C=O) groups excluding carboxylic acids is 1. The summed E-state index contributed by atoms with van der Waals surface area (Å²) in [6.45, 7) is 0.0937.